The van der Waals surface area contributed by atoms with Crippen LogP contribution in [0, 0.1) is 6.92 Å². The lowest BCUT2D eigenvalue weighted by Gasteiger charge is -2.15. The number of hydrogen-bond acceptors (Lipinski definition) is 2. The van der Waals surface area contributed by atoms with Crippen molar-refractivity contribution in [2.75, 3.05) is 5.88 Å². The number of nitrogens with one attached hydrogen (secondary N) is 1. The van der Waals surface area contributed by atoms with Crippen molar-refractivity contribution in [2.24, 2.45) is 0 Å². The van der Waals surface area contributed by atoms with Crippen LogP contribution in [0.1, 0.15) is 24.1 Å². The molecule has 0 amide bonds. The number of pyridine rings is 1. The summed E-state index contributed by atoms with van der Waals surface area (Å²) < 4.78 is 0. The van der Waals surface area contributed by atoms with Crippen LogP contribution in [-0.4, -0.2) is 16.4 Å². The van der Waals surface area contributed by atoms with Crippen molar-refractivity contribution >= 4 is 22.5 Å². The zero-order chi connectivity index (χ0) is 12.6. The number of benzene rings is 1. The zero-order valence-electron chi connectivity index (χ0n) is 10.5. The summed E-state index contributed by atoms with van der Waals surface area (Å²) in [4.78, 5) is 4.56. The fourth-order valence-electron chi connectivity index (χ4n) is 2.33. The Hall–Kier alpha value is -1.12. The zero-order valence-corrected chi connectivity index (χ0v) is 11.3. The van der Waals surface area contributed by atoms with Crippen LogP contribution in [0.15, 0.2) is 30.3 Å². The minimum atomic E-state index is 0.194. The number of alkyl halides is 1. The van der Waals surface area contributed by atoms with E-state index in [1.54, 1.807) is 0 Å². The van der Waals surface area contributed by atoms with Crippen molar-refractivity contribution in [3.05, 3.63) is 41.6 Å². The molecule has 1 fully saturated rings. The van der Waals surface area contributed by atoms with Gasteiger partial charge >= 0.3 is 0 Å². The lowest BCUT2D eigenvalue weighted by Crippen LogP contribution is -2.32. The highest BCUT2D eigenvalue weighted by molar-refractivity contribution is 6.18. The molecule has 1 saturated carbocycles. The van der Waals surface area contributed by atoms with Crippen LogP contribution < -0.4 is 5.32 Å². The first kappa shape index (κ1) is 11.9. The van der Waals surface area contributed by atoms with Gasteiger partial charge in [0.15, 0.2) is 0 Å². The van der Waals surface area contributed by atoms with Crippen LogP contribution in [0.2, 0.25) is 0 Å². The van der Waals surface area contributed by atoms with Crippen LogP contribution >= 0.6 is 11.6 Å². The number of hydrogen-bond donors (Lipinski definition) is 1. The molecule has 0 spiro atoms. The summed E-state index contributed by atoms with van der Waals surface area (Å²) in [6, 6.07) is 10.5. The normalized spacial score (nSPS) is 17.0. The molecule has 0 unspecified atom stereocenters. The average molecular weight is 261 g/mol. The minimum Gasteiger partial charge on any atom is -0.306 e. The van der Waals surface area contributed by atoms with Crippen molar-refractivity contribution in [2.45, 2.75) is 31.8 Å². The molecule has 1 heterocycles. The van der Waals surface area contributed by atoms with Gasteiger partial charge in [-0.1, -0.05) is 18.2 Å². The van der Waals surface area contributed by atoms with Crippen molar-refractivity contribution in [1.82, 2.24) is 10.3 Å². The van der Waals surface area contributed by atoms with Gasteiger partial charge in [0.2, 0.25) is 0 Å². The van der Waals surface area contributed by atoms with E-state index in [4.69, 9.17) is 11.6 Å². The Kier molecular flexibility index (Phi) is 3.00. The molecule has 0 radical (unpaired) electrons. The maximum atomic E-state index is 6.00. The molecule has 94 valence electrons. The molecule has 2 aromatic rings. The van der Waals surface area contributed by atoms with E-state index in [1.807, 2.05) is 13.0 Å². The third-order valence-electron chi connectivity index (χ3n) is 3.69. The van der Waals surface area contributed by atoms with Crippen molar-refractivity contribution in [3.8, 4) is 0 Å². The first-order valence-corrected chi connectivity index (χ1v) is 6.92. The Morgan fingerprint density at radius 1 is 1.33 bits per heavy atom. The fraction of sp³-hybridized carbons (Fsp3) is 0.400. The number of nitrogens with zero attached hydrogens (tertiary/aromatic N) is 1. The SMILES string of the molecule is Cc1cc(CNC2(CCl)CC2)c2ccccc2n1. The number of rotatable bonds is 4. The maximum absolute atomic E-state index is 6.00. The first-order chi connectivity index (χ1) is 8.72. The lowest BCUT2D eigenvalue weighted by atomic mass is 10.1. The van der Waals surface area contributed by atoms with Gasteiger partial charge in [-0.25, -0.2) is 0 Å². The van der Waals surface area contributed by atoms with Crippen molar-refractivity contribution in [3.63, 3.8) is 0 Å². The topological polar surface area (TPSA) is 24.9 Å². The summed E-state index contributed by atoms with van der Waals surface area (Å²) in [5, 5.41) is 4.83. The van der Waals surface area contributed by atoms with Gasteiger partial charge in [-0.2, -0.15) is 0 Å². The van der Waals surface area contributed by atoms with Crippen LogP contribution in [0.25, 0.3) is 10.9 Å². The van der Waals surface area contributed by atoms with Gasteiger partial charge in [-0.3, -0.25) is 4.98 Å². The standard InChI is InChI=1S/C15H17ClN2/c1-11-8-12(9-17-15(10-16)6-7-15)13-4-2-3-5-14(13)18-11/h2-5,8,17H,6-7,9-10H2,1H3. The van der Waals surface area contributed by atoms with Crippen LogP contribution in [0.4, 0.5) is 0 Å². The summed E-state index contributed by atoms with van der Waals surface area (Å²) in [5.41, 5.74) is 3.65. The summed E-state index contributed by atoms with van der Waals surface area (Å²) in [6.45, 7) is 2.92. The molecule has 1 N–H and O–H groups in total. The molecule has 0 aliphatic heterocycles. The third-order valence-corrected chi connectivity index (χ3v) is 4.20. The molecule has 3 heteroatoms. The van der Waals surface area contributed by atoms with Gasteiger partial charge in [0.05, 0.1) is 5.52 Å². The van der Waals surface area contributed by atoms with E-state index in [0.717, 1.165) is 17.8 Å². The number of aromatic nitrogens is 1. The fourth-order valence-corrected chi connectivity index (χ4v) is 2.69. The van der Waals surface area contributed by atoms with Gasteiger partial charge in [-0.05, 0) is 37.5 Å². The molecule has 1 aromatic carbocycles. The summed E-state index contributed by atoms with van der Waals surface area (Å²) in [6.07, 6.45) is 2.39. The summed E-state index contributed by atoms with van der Waals surface area (Å²) >= 11 is 6.00. The van der Waals surface area contributed by atoms with E-state index in [9.17, 15) is 0 Å². The molecule has 1 aliphatic carbocycles. The monoisotopic (exact) mass is 260 g/mol. The molecule has 0 atom stereocenters. The first-order valence-electron chi connectivity index (χ1n) is 6.39. The highest BCUT2D eigenvalue weighted by Crippen LogP contribution is 2.36. The van der Waals surface area contributed by atoms with E-state index in [1.165, 1.54) is 23.8 Å². The number of para-hydroxylation sites is 1. The van der Waals surface area contributed by atoms with Gasteiger partial charge in [0.25, 0.3) is 0 Å². The van der Waals surface area contributed by atoms with Crippen molar-refractivity contribution in [1.29, 1.82) is 0 Å². The summed E-state index contributed by atoms with van der Waals surface area (Å²) in [5.74, 6) is 0.703. The second-order valence-corrected chi connectivity index (χ2v) is 5.47. The average Bonchev–Trinajstić information content (AvgIpc) is 3.16. The Bertz CT molecular complexity index is 576. The highest BCUT2D eigenvalue weighted by atomic mass is 35.5. The molecule has 18 heavy (non-hydrogen) atoms. The van der Waals surface area contributed by atoms with Gasteiger partial charge < -0.3 is 5.32 Å². The van der Waals surface area contributed by atoms with Crippen LogP contribution in [-0.2, 0) is 6.54 Å². The molecule has 1 aliphatic rings. The van der Waals surface area contributed by atoms with Gasteiger partial charge in [0, 0.05) is 29.0 Å². The Morgan fingerprint density at radius 2 is 2.11 bits per heavy atom. The predicted molar refractivity (Wildman–Crippen MR) is 76.0 cm³/mol. The van der Waals surface area contributed by atoms with Crippen LogP contribution in [0.5, 0.6) is 0 Å². The second-order valence-electron chi connectivity index (χ2n) is 5.21. The lowest BCUT2D eigenvalue weighted by molar-refractivity contribution is 0.544. The maximum Gasteiger partial charge on any atom is 0.0708 e. The van der Waals surface area contributed by atoms with Gasteiger partial charge in [-0.15, -0.1) is 11.6 Å². The molecule has 0 saturated heterocycles. The number of halogens is 1. The predicted octanol–water partition coefficient (Wildman–Crippen LogP) is 3.40. The van der Waals surface area contributed by atoms with E-state index < -0.39 is 0 Å². The second kappa shape index (κ2) is 4.52. The van der Waals surface area contributed by atoms with Gasteiger partial charge in [0.1, 0.15) is 0 Å². The van der Waals surface area contributed by atoms with Crippen LogP contribution in [0.3, 0.4) is 0 Å². The molecular weight excluding hydrogens is 244 g/mol. The van der Waals surface area contributed by atoms with E-state index in [2.05, 4.69) is 34.6 Å². The Labute approximate surface area is 112 Å². The molecule has 1 aromatic heterocycles. The third kappa shape index (κ3) is 2.23. The molecule has 2 nitrogen and oxygen atoms in total. The molecule has 0 bridgehead atoms. The quantitative estimate of drug-likeness (QED) is 0.853. The van der Waals surface area contributed by atoms with Crippen molar-refractivity contribution < 1.29 is 0 Å². The minimum absolute atomic E-state index is 0.194. The van der Waals surface area contributed by atoms with E-state index >= 15 is 0 Å². The number of fused-ring (bicyclic) bond motifs is 1. The van der Waals surface area contributed by atoms with E-state index in [-0.39, 0.29) is 5.54 Å². The Morgan fingerprint density at radius 3 is 2.83 bits per heavy atom. The molecular formula is C15H17ClN2. The Balaban J connectivity index is 1.91. The summed E-state index contributed by atoms with van der Waals surface area (Å²) in [7, 11) is 0. The highest BCUT2D eigenvalue weighted by Gasteiger charge is 2.41. The largest absolute Gasteiger partial charge is 0.306 e. The number of aryl methyl sites for hydroxylation is 1. The molecule has 3 rings (SSSR count). The smallest absolute Gasteiger partial charge is 0.0708 e. The van der Waals surface area contributed by atoms with E-state index in [0.29, 0.717) is 5.88 Å².